The maximum atomic E-state index is 13.2. The molecule has 0 aliphatic carbocycles. The first-order valence-electron chi connectivity index (χ1n) is 10.3. The zero-order valence-corrected chi connectivity index (χ0v) is 19.5. The van der Waals surface area contributed by atoms with Crippen LogP contribution in [0.15, 0.2) is 59.5 Å². The minimum Gasteiger partial charge on any atom is -0.309 e. The summed E-state index contributed by atoms with van der Waals surface area (Å²) >= 11 is 6.07. The third-order valence-corrected chi connectivity index (χ3v) is 7.72. The average Bonchev–Trinajstić information content (AvgIpc) is 3.14. The quantitative estimate of drug-likeness (QED) is 0.573. The summed E-state index contributed by atoms with van der Waals surface area (Å²) in [7, 11) is -3.69. The number of carbonyl (C=O) groups excluding carboxylic acids is 1. The van der Waals surface area contributed by atoms with Gasteiger partial charge in [0, 0.05) is 32.2 Å². The molecule has 1 saturated heterocycles. The van der Waals surface area contributed by atoms with Crippen LogP contribution in [0.5, 0.6) is 0 Å². The Labute approximate surface area is 196 Å². The Morgan fingerprint density at radius 1 is 1.09 bits per heavy atom. The second-order valence-electron chi connectivity index (χ2n) is 7.72. The van der Waals surface area contributed by atoms with Gasteiger partial charge in [-0.2, -0.15) is 9.40 Å². The lowest BCUT2D eigenvalue weighted by Gasteiger charge is -2.33. The van der Waals surface area contributed by atoms with Crippen molar-refractivity contribution in [1.29, 1.82) is 0 Å². The molecule has 11 heteroatoms. The smallest absolute Gasteiger partial charge is 0.244 e. The highest BCUT2D eigenvalue weighted by Gasteiger charge is 2.30. The number of nitrogens with one attached hydrogen (secondary N) is 1. The van der Waals surface area contributed by atoms with Crippen LogP contribution in [0.4, 0.5) is 10.2 Å². The lowest BCUT2D eigenvalue weighted by atomic mass is 10.3. The Kier molecular flexibility index (Phi) is 6.80. The monoisotopic (exact) mass is 491 g/mol. The van der Waals surface area contributed by atoms with Crippen LogP contribution < -0.4 is 5.32 Å². The molecule has 3 aromatic rings. The summed E-state index contributed by atoms with van der Waals surface area (Å²) < 4.78 is 41.9. The summed E-state index contributed by atoms with van der Waals surface area (Å²) in [4.78, 5) is 14.6. The van der Waals surface area contributed by atoms with Crippen molar-refractivity contribution in [3.63, 3.8) is 0 Å². The predicted octanol–water partition coefficient (Wildman–Crippen LogP) is 2.92. The van der Waals surface area contributed by atoms with Crippen molar-refractivity contribution in [2.24, 2.45) is 0 Å². The number of nitrogens with zero attached hydrogens (tertiary/aromatic N) is 4. The predicted molar refractivity (Wildman–Crippen MR) is 124 cm³/mol. The fourth-order valence-corrected chi connectivity index (χ4v) is 5.59. The molecule has 2 aromatic carbocycles. The molecule has 2 heterocycles. The molecule has 8 nitrogen and oxygen atoms in total. The summed E-state index contributed by atoms with van der Waals surface area (Å²) in [5.74, 6) is -0.131. The number of hydrogen-bond acceptors (Lipinski definition) is 5. The summed E-state index contributed by atoms with van der Waals surface area (Å²) in [6.45, 7) is 3.24. The Bertz CT molecular complexity index is 1260. The fraction of sp³-hybridized carbons (Fsp3) is 0.273. The maximum absolute atomic E-state index is 13.2. The van der Waals surface area contributed by atoms with Gasteiger partial charge < -0.3 is 5.32 Å². The Balaban J connectivity index is 1.37. The van der Waals surface area contributed by atoms with Crippen molar-refractivity contribution in [2.75, 3.05) is 38.0 Å². The summed E-state index contributed by atoms with van der Waals surface area (Å²) in [6, 6.07) is 13.9. The summed E-state index contributed by atoms with van der Waals surface area (Å²) in [5.41, 5.74) is 1.33. The van der Waals surface area contributed by atoms with Crippen LogP contribution in [0, 0.1) is 12.7 Å². The highest BCUT2D eigenvalue weighted by molar-refractivity contribution is 7.89. The SMILES string of the molecule is Cc1cc(NC(=O)CN2CCN(S(=O)(=O)c3ccccc3Cl)CC2)n(-c2ccc(F)cc2)n1. The van der Waals surface area contributed by atoms with Crippen molar-refractivity contribution in [2.45, 2.75) is 11.8 Å². The maximum Gasteiger partial charge on any atom is 0.244 e. The van der Waals surface area contributed by atoms with E-state index in [1.54, 1.807) is 48.0 Å². The normalized spacial score (nSPS) is 15.5. The van der Waals surface area contributed by atoms with Crippen LogP contribution in [-0.4, -0.2) is 66.0 Å². The highest BCUT2D eigenvalue weighted by atomic mass is 35.5. The Hall–Kier alpha value is -2.79. The first-order chi connectivity index (χ1) is 15.7. The summed E-state index contributed by atoms with van der Waals surface area (Å²) in [5, 5.41) is 7.40. The second kappa shape index (κ2) is 9.60. The molecular weight excluding hydrogens is 469 g/mol. The molecule has 1 N–H and O–H groups in total. The Morgan fingerprint density at radius 2 is 1.76 bits per heavy atom. The van der Waals surface area contributed by atoms with Gasteiger partial charge in [0.15, 0.2) is 0 Å². The van der Waals surface area contributed by atoms with E-state index in [2.05, 4.69) is 10.4 Å². The van der Waals surface area contributed by atoms with E-state index in [9.17, 15) is 17.6 Å². The van der Waals surface area contributed by atoms with Gasteiger partial charge >= 0.3 is 0 Å². The molecule has 0 radical (unpaired) electrons. The van der Waals surface area contributed by atoms with Crippen LogP contribution in [0.25, 0.3) is 5.69 Å². The van der Waals surface area contributed by atoms with Crippen molar-refractivity contribution in [3.05, 3.63) is 71.1 Å². The van der Waals surface area contributed by atoms with Crippen molar-refractivity contribution < 1.29 is 17.6 Å². The van der Waals surface area contributed by atoms with E-state index in [0.29, 0.717) is 30.3 Å². The number of aromatic nitrogens is 2. The second-order valence-corrected chi connectivity index (χ2v) is 10.0. The van der Waals surface area contributed by atoms with E-state index >= 15 is 0 Å². The highest BCUT2D eigenvalue weighted by Crippen LogP contribution is 2.25. The van der Waals surface area contributed by atoms with Crippen molar-refractivity contribution in [1.82, 2.24) is 19.0 Å². The van der Waals surface area contributed by atoms with E-state index < -0.39 is 10.0 Å². The standard InChI is InChI=1S/C22H23ClFN5O3S/c1-16-14-21(29(26-16)18-8-6-17(24)7-9-18)25-22(30)15-27-10-12-28(13-11-27)33(31,32)20-5-3-2-4-19(20)23/h2-9,14H,10-13,15H2,1H3,(H,25,30). The van der Waals surface area contributed by atoms with Gasteiger partial charge in [0.1, 0.15) is 16.5 Å². The number of halogens is 2. The number of piperazine rings is 1. The third-order valence-electron chi connectivity index (χ3n) is 5.32. The van der Waals surface area contributed by atoms with E-state index in [4.69, 9.17) is 11.6 Å². The van der Waals surface area contributed by atoms with Crippen LogP contribution in [0.3, 0.4) is 0 Å². The van der Waals surface area contributed by atoms with Gasteiger partial charge in [0.05, 0.1) is 22.9 Å². The lowest BCUT2D eigenvalue weighted by Crippen LogP contribution is -2.50. The van der Waals surface area contributed by atoms with E-state index in [1.165, 1.54) is 22.5 Å². The first kappa shape index (κ1) is 23.4. The molecular formula is C22H23ClFN5O3S. The molecule has 1 amide bonds. The molecule has 0 saturated carbocycles. The van der Waals surface area contributed by atoms with E-state index in [-0.39, 0.29) is 41.3 Å². The van der Waals surface area contributed by atoms with Gasteiger partial charge in [-0.1, -0.05) is 23.7 Å². The molecule has 0 bridgehead atoms. The van der Waals surface area contributed by atoms with Crippen LogP contribution >= 0.6 is 11.6 Å². The number of carbonyl (C=O) groups is 1. The average molecular weight is 492 g/mol. The number of rotatable bonds is 6. The first-order valence-corrected chi connectivity index (χ1v) is 12.2. The number of benzene rings is 2. The van der Waals surface area contributed by atoms with Gasteiger partial charge in [-0.05, 0) is 43.3 Å². The van der Waals surface area contributed by atoms with Crippen LogP contribution in [0.1, 0.15) is 5.69 Å². The molecule has 0 unspecified atom stereocenters. The molecule has 1 aliphatic heterocycles. The van der Waals surface area contributed by atoms with Crippen molar-refractivity contribution >= 4 is 33.3 Å². The third kappa shape index (κ3) is 5.25. The van der Waals surface area contributed by atoms with Gasteiger partial charge in [-0.25, -0.2) is 17.5 Å². The molecule has 4 rings (SSSR count). The minimum absolute atomic E-state index is 0.0854. The van der Waals surface area contributed by atoms with Gasteiger partial charge in [-0.3, -0.25) is 9.69 Å². The minimum atomic E-state index is -3.69. The number of amides is 1. The number of sulfonamides is 1. The summed E-state index contributed by atoms with van der Waals surface area (Å²) in [6.07, 6.45) is 0. The zero-order chi connectivity index (χ0) is 23.6. The number of aryl methyl sites for hydroxylation is 1. The molecule has 0 spiro atoms. The van der Waals surface area contributed by atoms with E-state index in [1.807, 2.05) is 4.90 Å². The van der Waals surface area contributed by atoms with Gasteiger partial charge in [0.25, 0.3) is 0 Å². The molecule has 0 atom stereocenters. The number of hydrogen-bond donors (Lipinski definition) is 1. The molecule has 33 heavy (non-hydrogen) atoms. The zero-order valence-electron chi connectivity index (χ0n) is 17.9. The van der Waals surface area contributed by atoms with Gasteiger partial charge in [-0.15, -0.1) is 0 Å². The molecule has 1 aliphatic rings. The number of anilines is 1. The fourth-order valence-electron chi connectivity index (χ4n) is 3.67. The Morgan fingerprint density at radius 3 is 2.42 bits per heavy atom. The van der Waals surface area contributed by atoms with Crippen LogP contribution in [-0.2, 0) is 14.8 Å². The largest absolute Gasteiger partial charge is 0.309 e. The van der Waals surface area contributed by atoms with Crippen molar-refractivity contribution in [3.8, 4) is 5.69 Å². The van der Waals surface area contributed by atoms with E-state index in [0.717, 1.165) is 0 Å². The van der Waals surface area contributed by atoms with Crippen LogP contribution in [0.2, 0.25) is 5.02 Å². The van der Waals surface area contributed by atoms with Gasteiger partial charge in [0.2, 0.25) is 15.9 Å². The molecule has 1 aromatic heterocycles. The molecule has 174 valence electrons. The topological polar surface area (TPSA) is 87.5 Å². The molecule has 1 fully saturated rings. The lowest BCUT2D eigenvalue weighted by molar-refractivity contribution is -0.117.